The van der Waals surface area contributed by atoms with Gasteiger partial charge in [-0.05, 0) is 49.5 Å². The third-order valence-electron chi connectivity index (χ3n) is 4.97. The van der Waals surface area contributed by atoms with Gasteiger partial charge in [0, 0.05) is 25.2 Å². The number of anilines is 1. The van der Waals surface area contributed by atoms with Crippen LogP contribution < -0.4 is 10.6 Å². The number of fused-ring (bicyclic) bond motifs is 1. The Morgan fingerprint density at radius 2 is 2.12 bits per heavy atom. The summed E-state index contributed by atoms with van der Waals surface area (Å²) in [6.45, 7) is 5.82. The maximum atomic E-state index is 13.3. The van der Waals surface area contributed by atoms with Gasteiger partial charge >= 0.3 is 0 Å². The summed E-state index contributed by atoms with van der Waals surface area (Å²) in [5.41, 5.74) is 1.08. The standard InChI is InChI=1S/C18H24FN3O2/c1-12-4-7-22(8-5-12)9-6-20-18(24)15-11-17(23)21-16-10-13(19)2-3-14(15)16/h2-3,10,12,15H,4-9,11H2,1H3,(H,20,24)(H,21,23). The molecule has 3 rings (SSSR count). The van der Waals surface area contributed by atoms with E-state index in [1.807, 2.05) is 0 Å². The number of halogens is 1. The van der Waals surface area contributed by atoms with Crippen molar-refractivity contribution in [3.8, 4) is 0 Å². The molecule has 2 heterocycles. The second-order valence-electron chi connectivity index (χ2n) is 6.85. The van der Waals surface area contributed by atoms with E-state index in [1.165, 1.54) is 25.0 Å². The number of hydrogen-bond acceptors (Lipinski definition) is 3. The fourth-order valence-corrected chi connectivity index (χ4v) is 3.42. The molecular formula is C18H24FN3O2. The molecular weight excluding hydrogens is 309 g/mol. The van der Waals surface area contributed by atoms with Crippen molar-refractivity contribution in [1.29, 1.82) is 0 Å². The molecule has 1 saturated heterocycles. The van der Waals surface area contributed by atoms with Crippen LogP contribution >= 0.6 is 0 Å². The van der Waals surface area contributed by atoms with Crippen molar-refractivity contribution >= 4 is 17.5 Å². The number of amides is 2. The van der Waals surface area contributed by atoms with Gasteiger partial charge in [0.15, 0.2) is 0 Å². The third kappa shape index (κ3) is 3.93. The Morgan fingerprint density at radius 1 is 1.38 bits per heavy atom. The average Bonchev–Trinajstić information content (AvgIpc) is 2.55. The SMILES string of the molecule is CC1CCN(CCNC(=O)C2CC(=O)Nc3cc(F)ccc32)CC1. The zero-order valence-corrected chi connectivity index (χ0v) is 14.0. The molecule has 1 aromatic carbocycles. The van der Waals surface area contributed by atoms with E-state index < -0.39 is 11.7 Å². The molecule has 1 atom stereocenters. The fraction of sp³-hybridized carbons (Fsp3) is 0.556. The van der Waals surface area contributed by atoms with E-state index in [4.69, 9.17) is 0 Å². The van der Waals surface area contributed by atoms with Gasteiger partial charge in [0.05, 0.1) is 5.92 Å². The quantitative estimate of drug-likeness (QED) is 0.887. The second kappa shape index (κ2) is 7.30. The molecule has 0 radical (unpaired) electrons. The zero-order valence-electron chi connectivity index (χ0n) is 14.0. The monoisotopic (exact) mass is 333 g/mol. The first-order valence-corrected chi connectivity index (χ1v) is 8.62. The van der Waals surface area contributed by atoms with Crippen molar-refractivity contribution in [2.45, 2.75) is 32.1 Å². The van der Waals surface area contributed by atoms with Gasteiger partial charge in [-0.2, -0.15) is 0 Å². The Labute approximate surface area is 141 Å². The van der Waals surface area contributed by atoms with Crippen molar-refractivity contribution in [3.63, 3.8) is 0 Å². The highest BCUT2D eigenvalue weighted by atomic mass is 19.1. The highest BCUT2D eigenvalue weighted by Gasteiger charge is 2.30. The van der Waals surface area contributed by atoms with E-state index in [0.29, 0.717) is 17.8 Å². The molecule has 1 unspecified atom stereocenters. The number of nitrogens with one attached hydrogen (secondary N) is 2. The van der Waals surface area contributed by atoms with E-state index in [0.717, 1.165) is 25.6 Å². The summed E-state index contributed by atoms with van der Waals surface area (Å²) in [4.78, 5) is 26.6. The molecule has 0 aromatic heterocycles. The topological polar surface area (TPSA) is 61.4 Å². The lowest BCUT2D eigenvalue weighted by Gasteiger charge is -2.30. The molecule has 2 N–H and O–H groups in total. The second-order valence-corrected chi connectivity index (χ2v) is 6.85. The van der Waals surface area contributed by atoms with Crippen LogP contribution in [0.1, 0.15) is 37.7 Å². The van der Waals surface area contributed by atoms with Gasteiger partial charge in [-0.3, -0.25) is 9.59 Å². The molecule has 0 bridgehead atoms. The Balaban J connectivity index is 1.56. The summed E-state index contributed by atoms with van der Waals surface area (Å²) in [6, 6.07) is 4.17. The molecule has 2 aliphatic rings. The number of likely N-dealkylation sites (tertiary alicyclic amines) is 1. The number of carbonyl (C=O) groups excluding carboxylic acids is 2. The first kappa shape index (κ1) is 16.9. The van der Waals surface area contributed by atoms with E-state index in [-0.39, 0.29) is 18.2 Å². The summed E-state index contributed by atoms with van der Waals surface area (Å²) in [5.74, 6) is -0.597. The predicted octanol–water partition coefficient (Wildman–Crippen LogP) is 2.10. The molecule has 2 amide bonds. The van der Waals surface area contributed by atoms with Crippen molar-refractivity contribution in [1.82, 2.24) is 10.2 Å². The minimum Gasteiger partial charge on any atom is -0.354 e. The molecule has 24 heavy (non-hydrogen) atoms. The highest BCUT2D eigenvalue weighted by molar-refractivity contribution is 6.01. The zero-order chi connectivity index (χ0) is 17.1. The Kier molecular flexibility index (Phi) is 5.14. The van der Waals surface area contributed by atoms with Crippen molar-refractivity contribution < 1.29 is 14.0 Å². The minimum absolute atomic E-state index is 0.103. The molecule has 0 saturated carbocycles. The van der Waals surface area contributed by atoms with Crippen molar-refractivity contribution in [2.24, 2.45) is 5.92 Å². The van der Waals surface area contributed by atoms with Crippen LogP contribution in [0.5, 0.6) is 0 Å². The molecule has 2 aliphatic heterocycles. The van der Waals surface area contributed by atoms with Crippen LogP contribution in [0, 0.1) is 11.7 Å². The Morgan fingerprint density at radius 3 is 2.88 bits per heavy atom. The summed E-state index contributed by atoms with van der Waals surface area (Å²) in [7, 11) is 0. The number of benzene rings is 1. The summed E-state index contributed by atoms with van der Waals surface area (Å²) in [5, 5.41) is 5.56. The van der Waals surface area contributed by atoms with E-state index in [9.17, 15) is 14.0 Å². The summed E-state index contributed by atoms with van der Waals surface area (Å²) < 4.78 is 13.3. The first-order chi connectivity index (χ1) is 11.5. The van der Waals surface area contributed by atoms with Crippen LogP contribution in [0.4, 0.5) is 10.1 Å². The van der Waals surface area contributed by atoms with Crippen molar-refractivity contribution in [2.75, 3.05) is 31.5 Å². The maximum absolute atomic E-state index is 13.3. The van der Waals surface area contributed by atoms with E-state index in [2.05, 4.69) is 22.5 Å². The largest absolute Gasteiger partial charge is 0.354 e. The molecule has 0 spiro atoms. The molecule has 1 aromatic rings. The van der Waals surface area contributed by atoms with Gasteiger partial charge in [0.2, 0.25) is 11.8 Å². The number of carbonyl (C=O) groups is 2. The van der Waals surface area contributed by atoms with Crippen molar-refractivity contribution in [3.05, 3.63) is 29.6 Å². The molecule has 6 heteroatoms. The Bertz CT molecular complexity index is 627. The number of piperidine rings is 1. The number of nitrogens with zero attached hydrogens (tertiary/aromatic N) is 1. The lowest BCUT2D eigenvalue weighted by Crippen LogP contribution is -2.41. The van der Waals surface area contributed by atoms with Crippen LogP contribution in [-0.2, 0) is 9.59 Å². The summed E-state index contributed by atoms with van der Waals surface area (Å²) >= 11 is 0. The smallest absolute Gasteiger partial charge is 0.228 e. The third-order valence-corrected chi connectivity index (χ3v) is 4.97. The van der Waals surface area contributed by atoms with Crippen LogP contribution in [-0.4, -0.2) is 42.9 Å². The molecule has 1 fully saturated rings. The fourth-order valence-electron chi connectivity index (χ4n) is 3.42. The van der Waals surface area contributed by atoms with Gasteiger partial charge in [0.1, 0.15) is 5.82 Å². The van der Waals surface area contributed by atoms with Gasteiger partial charge in [-0.15, -0.1) is 0 Å². The first-order valence-electron chi connectivity index (χ1n) is 8.62. The lowest BCUT2D eigenvalue weighted by atomic mass is 9.89. The average molecular weight is 333 g/mol. The lowest BCUT2D eigenvalue weighted by molar-refractivity contribution is -0.126. The van der Waals surface area contributed by atoms with Gasteiger partial charge in [-0.25, -0.2) is 4.39 Å². The molecule has 5 nitrogen and oxygen atoms in total. The van der Waals surface area contributed by atoms with E-state index in [1.54, 1.807) is 6.07 Å². The highest BCUT2D eigenvalue weighted by Crippen LogP contribution is 2.32. The van der Waals surface area contributed by atoms with Crippen LogP contribution in [0.2, 0.25) is 0 Å². The maximum Gasteiger partial charge on any atom is 0.228 e. The molecule has 130 valence electrons. The molecule has 0 aliphatic carbocycles. The number of rotatable bonds is 4. The van der Waals surface area contributed by atoms with Crippen LogP contribution in [0.3, 0.4) is 0 Å². The number of hydrogen-bond donors (Lipinski definition) is 2. The van der Waals surface area contributed by atoms with Gasteiger partial charge in [0.25, 0.3) is 0 Å². The predicted molar refractivity (Wildman–Crippen MR) is 90.2 cm³/mol. The van der Waals surface area contributed by atoms with Crippen LogP contribution in [0.15, 0.2) is 18.2 Å². The van der Waals surface area contributed by atoms with Gasteiger partial charge in [-0.1, -0.05) is 13.0 Å². The Hall–Kier alpha value is -1.95. The van der Waals surface area contributed by atoms with Gasteiger partial charge < -0.3 is 15.5 Å². The minimum atomic E-state index is -0.546. The van der Waals surface area contributed by atoms with E-state index >= 15 is 0 Å². The van der Waals surface area contributed by atoms with Crippen LogP contribution in [0.25, 0.3) is 0 Å². The summed E-state index contributed by atoms with van der Waals surface area (Å²) in [6.07, 6.45) is 2.51. The normalized spacial score (nSPS) is 21.9.